The third kappa shape index (κ3) is 4.09. The molecule has 2 atom stereocenters. The Hall–Kier alpha value is -2.97. The molecule has 2 aliphatic heterocycles. The highest BCUT2D eigenvalue weighted by atomic mass is 35.5. The van der Waals surface area contributed by atoms with Gasteiger partial charge in [0.15, 0.2) is 0 Å². The third-order valence-electron chi connectivity index (χ3n) is 6.44. The average Bonchev–Trinajstić information content (AvgIpc) is 3.16. The number of carbonyl (C=O) groups excluding carboxylic acids is 3. The second kappa shape index (κ2) is 10.3. The molecule has 3 aromatic rings. The largest absolute Gasteiger partial charge is 0.494 e. The predicted molar refractivity (Wildman–Crippen MR) is 146 cm³/mol. The summed E-state index contributed by atoms with van der Waals surface area (Å²) in [5, 5.41) is -0.660. The lowest BCUT2D eigenvalue weighted by Gasteiger charge is -2.49. The van der Waals surface area contributed by atoms with Gasteiger partial charge in [-0.15, -0.1) is 0 Å². The Labute approximate surface area is 238 Å². The first-order valence-corrected chi connectivity index (χ1v) is 13.2. The van der Waals surface area contributed by atoms with E-state index in [0.717, 1.165) is 4.90 Å². The van der Waals surface area contributed by atoms with Crippen LogP contribution in [0, 0.1) is 0 Å². The van der Waals surface area contributed by atoms with E-state index in [1.54, 1.807) is 48.5 Å². The summed E-state index contributed by atoms with van der Waals surface area (Å²) in [5.74, 6) is -0.689. The molecule has 0 aromatic heterocycles. The van der Waals surface area contributed by atoms with Crippen LogP contribution in [0.5, 0.6) is 11.5 Å². The molecule has 0 bridgehead atoms. The minimum absolute atomic E-state index is 0.140. The first-order valence-electron chi connectivity index (χ1n) is 11.7. The van der Waals surface area contributed by atoms with Crippen molar-refractivity contribution in [2.24, 2.45) is 0 Å². The van der Waals surface area contributed by atoms with E-state index in [-0.39, 0.29) is 31.2 Å². The number of amides is 3. The zero-order valence-electron chi connectivity index (χ0n) is 20.1. The molecule has 1 fully saturated rings. The fraction of sp³-hybridized carbons (Fsp3) is 0.222. The molecule has 3 aromatic carbocycles. The molecule has 11 heteroatoms. The summed E-state index contributed by atoms with van der Waals surface area (Å²) >= 11 is 24.9. The smallest absolute Gasteiger partial charge is 0.264 e. The summed E-state index contributed by atoms with van der Waals surface area (Å²) in [5.41, 5.74) is 0.923. The molecule has 0 aliphatic carbocycles. The van der Waals surface area contributed by atoms with E-state index >= 15 is 0 Å². The van der Waals surface area contributed by atoms with Crippen LogP contribution in [-0.4, -0.2) is 41.9 Å². The number of β-lactam (4-membered cyclic amide) rings is 1. The molecule has 38 heavy (non-hydrogen) atoms. The van der Waals surface area contributed by atoms with Gasteiger partial charge in [-0.3, -0.25) is 19.3 Å². The number of halogens is 4. The van der Waals surface area contributed by atoms with Crippen molar-refractivity contribution in [3.8, 4) is 11.5 Å². The monoisotopic (exact) mass is 592 g/mol. The highest BCUT2D eigenvalue weighted by molar-refractivity contribution is 6.55. The normalized spacial score (nSPS) is 18.5. The lowest BCUT2D eigenvalue weighted by atomic mass is 9.86. The average molecular weight is 594 g/mol. The third-order valence-corrected chi connectivity index (χ3v) is 8.24. The molecule has 2 heterocycles. The molecule has 0 saturated carbocycles. The Bertz CT molecular complexity index is 1410. The minimum Gasteiger partial charge on any atom is -0.494 e. The maximum Gasteiger partial charge on any atom is 0.264 e. The van der Waals surface area contributed by atoms with Crippen LogP contribution in [-0.2, 0) is 4.79 Å². The maximum atomic E-state index is 13.7. The van der Waals surface area contributed by atoms with Gasteiger partial charge in [-0.1, -0.05) is 58.5 Å². The number of carbonyl (C=O) groups is 3. The molecule has 7 nitrogen and oxygen atoms in total. The number of nitrogens with zero attached hydrogens (tertiary/aromatic N) is 2. The van der Waals surface area contributed by atoms with Crippen LogP contribution in [0.15, 0.2) is 48.5 Å². The minimum atomic E-state index is -1.16. The summed E-state index contributed by atoms with van der Waals surface area (Å²) in [6, 6.07) is 12.3. The number of hydrogen-bond donors (Lipinski definition) is 0. The van der Waals surface area contributed by atoms with E-state index < -0.39 is 29.8 Å². The molecule has 0 N–H and O–H groups in total. The quantitative estimate of drug-likeness (QED) is 0.130. The topological polar surface area (TPSA) is 76.2 Å². The van der Waals surface area contributed by atoms with Crippen LogP contribution in [0.3, 0.4) is 0 Å². The SMILES string of the molecule is CCOc1ccc([C@@H]2[C@@H](N3C(=O)c4c(Cl)c(Cl)c(Cl)c(Cl)c4C3=O)C(=O)N2c2ccc(OCC)cc2)cc1. The summed E-state index contributed by atoms with van der Waals surface area (Å²) in [7, 11) is 0. The second-order valence-electron chi connectivity index (χ2n) is 8.51. The van der Waals surface area contributed by atoms with Crippen LogP contribution in [0.25, 0.3) is 0 Å². The van der Waals surface area contributed by atoms with Gasteiger partial charge >= 0.3 is 0 Å². The van der Waals surface area contributed by atoms with Gasteiger partial charge in [0.2, 0.25) is 0 Å². The van der Waals surface area contributed by atoms with E-state index in [9.17, 15) is 14.4 Å². The number of imide groups is 1. The van der Waals surface area contributed by atoms with Crippen molar-refractivity contribution in [3.63, 3.8) is 0 Å². The van der Waals surface area contributed by atoms with Crippen LogP contribution in [0.4, 0.5) is 5.69 Å². The van der Waals surface area contributed by atoms with E-state index in [0.29, 0.717) is 36.0 Å². The van der Waals surface area contributed by atoms with Gasteiger partial charge in [-0.2, -0.15) is 0 Å². The van der Waals surface area contributed by atoms with E-state index in [4.69, 9.17) is 55.9 Å². The Morgan fingerprint density at radius 1 is 0.632 bits per heavy atom. The lowest BCUT2D eigenvalue weighted by molar-refractivity contribution is -0.130. The van der Waals surface area contributed by atoms with E-state index in [1.165, 1.54) is 4.90 Å². The zero-order valence-corrected chi connectivity index (χ0v) is 23.2. The molecule has 0 radical (unpaired) electrons. The predicted octanol–water partition coefficient (Wildman–Crippen LogP) is 6.85. The highest BCUT2D eigenvalue weighted by Gasteiger charge is 2.58. The number of anilines is 1. The molecule has 5 rings (SSSR count). The van der Waals surface area contributed by atoms with Crippen molar-refractivity contribution >= 4 is 69.8 Å². The molecule has 1 saturated heterocycles. The zero-order chi connectivity index (χ0) is 27.3. The molecule has 0 spiro atoms. The van der Waals surface area contributed by atoms with Crippen LogP contribution in [0.1, 0.15) is 46.2 Å². The number of ether oxygens (including phenoxy) is 2. The number of rotatable bonds is 7. The Morgan fingerprint density at radius 2 is 1.08 bits per heavy atom. The number of benzene rings is 3. The van der Waals surface area contributed by atoms with E-state index in [1.807, 2.05) is 13.8 Å². The molecule has 196 valence electrons. The van der Waals surface area contributed by atoms with Gasteiger partial charge < -0.3 is 14.4 Å². The number of fused-ring (bicyclic) bond motifs is 1. The number of hydrogen-bond acceptors (Lipinski definition) is 5. The standard InChI is InChI=1S/C27H20Cl4N2O5/c1-3-37-15-9-5-13(6-10-15)23-24(27(36)32(23)14-7-11-16(12-8-14)38-4-2)33-25(34)17-18(26(33)35)20(29)22(31)21(30)19(17)28/h5-12,23-24H,3-4H2,1-2H3/t23-,24-/m1/s1. The van der Waals surface area contributed by atoms with Gasteiger partial charge in [-0.05, 0) is 55.8 Å². The fourth-order valence-corrected chi connectivity index (χ4v) is 5.78. The van der Waals surface area contributed by atoms with Gasteiger partial charge in [0, 0.05) is 5.69 Å². The molecule has 0 unspecified atom stereocenters. The Balaban J connectivity index is 1.58. The fourth-order valence-electron chi connectivity index (χ4n) is 4.76. The highest BCUT2D eigenvalue weighted by Crippen LogP contribution is 2.49. The first kappa shape index (κ1) is 26.6. The van der Waals surface area contributed by atoms with Crippen molar-refractivity contribution in [2.75, 3.05) is 18.1 Å². The molecule has 2 aliphatic rings. The van der Waals surface area contributed by atoms with Crippen LogP contribution in [0.2, 0.25) is 20.1 Å². The van der Waals surface area contributed by atoms with Gasteiger partial charge in [0.05, 0.1) is 50.5 Å². The van der Waals surface area contributed by atoms with Crippen LogP contribution >= 0.6 is 46.4 Å². The maximum absolute atomic E-state index is 13.7. The summed E-state index contributed by atoms with van der Waals surface area (Å²) in [4.78, 5) is 43.2. The summed E-state index contributed by atoms with van der Waals surface area (Å²) in [6.45, 7) is 4.74. The van der Waals surface area contributed by atoms with Crippen molar-refractivity contribution in [1.82, 2.24) is 4.90 Å². The lowest BCUT2D eigenvalue weighted by Crippen LogP contribution is -2.67. The van der Waals surface area contributed by atoms with Crippen molar-refractivity contribution in [1.29, 1.82) is 0 Å². The summed E-state index contributed by atoms with van der Waals surface area (Å²) < 4.78 is 11.1. The molecular weight excluding hydrogens is 574 g/mol. The van der Waals surface area contributed by atoms with Crippen molar-refractivity contribution < 1.29 is 23.9 Å². The first-order chi connectivity index (χ1) is 18.2. The van der Waals surface area contributed by atoms with Crippen molar-refractivity contribution in [3.05, 3.63) is 85.3 Å². The molecular formula is C27H20Cl4N2O5. The molecule has 3 amide bonds. The summed E-state index contributed by atoms with van der Waals surface area (Å²) in [6.07, 6.45) is 0. The van der Waals surface area contributed by atoms with Crippen LogP contribution < -0.4 is 14.4 Å². The Morgan fingerprint density at radius 3 is 1.53 bits per heavy atom. The van der Waals surface area contributed by atoms with Gasteiger partial charge in [0.1, 0.15) is 17.5 Å². The van der Waals surface area contributed by atoms with Gasteiger partial charge in [0.25, 0.3) is 17.7 Å². The van der Waals surface area contributed by atoms with E-state index in [2.05, 4.69) is 0 Å². The van der Waals surface area contributed by atoms with Gasteiger partial charge in [-0.25, -0.2) is 0 Å². The van der Waals surface area contributed by atoms with Crippen molar-refractivity contribution in [2.45, 2.75) is 25.9 Å². The second-order valence-corrected chi connectivity index (χ2v) is 10.0. The Kier molecular flexibility index (Phi) is 7.22.